The van der Waals surface area contributed by atoms with Gasteiger partial charge in [0, 0.05) is 12.8 Å². The van der Waals surface area contributed by atoms with Crippen molar-refractivity contribution in [1.82, 2.24) is 0 Å². The molecule has 0 amide bonds. The molecule has 1 aromatic carbocycles. The number of alkyl halides is 1. The van der Waals surface area contributed by atoms with Gasteiger partial charge in [0.05, 0.1) is 0 Å². The summed E-state index contributed by atoms with van der Waals surface area (Å²) in [6.45, 7) is 1.43. The summed E-state index contributed by atoms with van der Waals surface area (Å²) in [7, 11) is 0. The first-order chi connectivity index (χ1) is 6.76. The fraction of sp³-hybridized carbons (Fsp3) is 0.417. The molecule has 0 spiro atoms. The van der Waals surface area contributed by atoms with Crippen molar-refractivity contribution in [2.45, 2.75) is 32.9 Å². The van der Waals surface area contributed by atoms with Crippen molar-refractivity contribution in [1.29, 1.82) is 0 Å². The number of hydrogen-bond acceptors (Lipinski definition) is 1. The Morgan fingerprint density at radius 3 is 2.71 bits per heavy atom. The number of aryl methyl sites for hydroxylation is 1. The highest BCUT2D eigenvalue weighted by molar-refractivity contribution is 5.78. The van der Waals surface area contributed by atoms with Crippen molar-refractivity contribution in [2.75, 3.05) is 0 Å². The van der Waals surface area contributed by atoms with E-state index in [4.69, 9.17) is 0 Å². The van der Waals surface area contributed by atoms with Crippen molar-refractivity contribution in [3.05, 3.63) is 35.4 Å². The van der Waals surface area contributed by atoms with E-state index in [1.165, 1.54) is 0 Å². The Hall–Kier alpha value is -1.18. The third kappa shape index (κ3) is 3.29. The molecule has 0 saturated carbocycles. The number of hydrogen-bond donors (Lipinski definition) is 0. The van der Waals surface area contributed by atoms with Crippen LogP contribution in [0.5, 0.6) is 0 Å². The van der Waals surface area contributed by atoms with E-state index < -0.39 is 6.67 Å². The Morgan fingerprint density at radius 1 is 1.36 bits per heavy atom. The second-order valence-electron chi connectivity index (χ2n) is 3.35. The minimum Gasteiger partial charge on any atom is -0.300 e. The van der Waals surface area contributed by atoms with Gasteiger partial charge in [-0.2, -0.15) is 0 Å². The largest absolute Gasteiger partial charge is 0.300 e. The van der Waals surface area contributed by atoms with Crippen LogP contribution in [0.2, 0.25) is 0 Å². The lowest BCUT2D eigenvalue weighted by atomic mass is 10.0. The zero-order chi connectivity index (χ0) is 10.4. The van der Waals surface area contributed by atoms with Crippen LogP contribution in [-0.2, 0) is 17.9 Å². The van der Waals surface area contributed by atoms with Gasteiger partial charge in [-0.25, -0.2) is 4.39 Å². The predicted molar refractivity (Wildman–Crippen MR) is 54.9 cm³/mol. The second-order valence-corrected chi connectivity index (χ2v) is 3.35. The molecule has 0 heterocycles. The lowest BCUT2D eigenvalue weighted by Gasteiger charge is -2.01. The Bertz CT molecular complexity index is 307. The van der Waals surface area contributed by atoms with Crippen LogP contribution in [0.4, 0.5) is 4.39 Å². The zero-order valence-corrected chi connectivity index (χ0v) is 8.42. The number of carbonyl (C=O) groups is 1. The maximum absolute atomic E-state index is 12.3. The first-order valence-electron chi connectivity index (χ1n) is 4.91. The summed E-state index contributed by atoms with van der Waals surface area (Å²) in [5.41, 5.74) is 1.73. The molecule has 1 nitrogen and oxygen atoms in total. The Kier molecular flexibility index (Phi) is 4.30. The maximum atomic E-state index is 12.3. The van der Waals surface area contributed by atoms with Gasteiger partial charge in [-0.05, 0) is 17.5 Å². The van der Waals surface area contributed by atoms with Crippen LogP contribution < -0.4 is 0 Å². The number of carbonyl (C=O) groups excluding carboxylic acids is 1. The summed E-state index contributed by atoms with van der Waals surface area (Å²) in [5.74, 6) is 0.260. The molecule has 0 unspecified atom stereocenters. The van der Waals surface area contributed by atoms with Crippen LogP contribution in [0.1, 0.15) is 30.9 Å². The summed E-state index contributed by atoms with van der Waals surface area (Å²) in [5, 5.41) is 0. The average Bonchev–Trinajstić information content (AvgIpc) is 2.26. The summed E-state index contributed by atoms with van der Waals surface area (Å²) < 4.78 is 12.3. The molecule has 0 bridgehead atoms. The number of halogens is 1. The Morgan fingerprint density at radius 2 is 2.07 bits per heavy atom. The molecule has 76 valence electrons. The molecule has 2 heteroatoms. The highest BCUT2D eigenvalue weighted by atomic mass is 19.1. The third-order valence-electron chi connectivity index (χ3n) is 2.23. The van der Waals surface area contributed by atoms with Crippen molar-refractivity contribution in [3.63, 3.8) is 0 Å². The fourth-order valence-corrected chi connectivity index (χ4v) is 1.33. The molecule has 1 rings (SSSR count). The van der Waals surface area contributed by atoms with Crippen LogP contribution in [0, 0.1) is 0 Å². The van der Waals surface area contributed by atoms with Crippen molar-refractivity contribution in [3.8, 4) is 0 Å². The minimum absolute atomic E-state index is 0.260. The smallest absolute Gasteiger partial charge is 0.132 e. The van der Waals surface area contributed by atoms with E-state index in [2.05, 4.69) is 0 Å². The predicted octanol–water partition coefficient (Wildman–Crippen LogP) is 3.07. The van der Waals surface area contributed by atoms with Crippen LogP contribution in [0.3, 0.4) is 0 Å². The second kappa shape index (κ2) is 5.53. The zero-order valence-electron chi connectivity index (χ0n) is 8.42. The number of rotatable bonds is 5. The van der Waals surface area contributed by atoms with Crippen LogP contribution >= 0.6 is 0 Å². The molecule has 0 atom stereocenters. The molecule has 0 fully saturated rings. The van der Waals surface area contributed by atoms with E-state index >= 15 is 0 Å². The Balaban J connectivity index is 2.54. The van der Waals surface area contributed by atoms with E-state index in [9.17, 15) is 9.18 Å². The highest BCUT2D eigenvalue weighted by Crippen LogP contribution is 2.09. The fourth-order valence-electron chi connectivity index (χ4n) is 1.33. The molecule has 1 aromatic rings. The Labute approximate surface area is 83.9 Å². The van der Waals surface area contributed by atoms with Gasteiger partial charge < -0.3 is 0 Å². The SMILES string of the molecule is CCC(=O)CCc1cccc(CF)c1. The quantitative estimate of drug-likeness (QED) is 0.704. The van der Waals surface area contributed by atoms with Gasteiger partial charge in [0.2, 0.25) is 0 Å². The van der Waals surface area contributed by atoms with E-state index in [1.54, 1.807) is 6.07 Å². The summed E-state index contributed by atoms with van der Waals surface area (Å²) in [4.78, 5) is 11.1. The van der Waals surface area contributed by atoms with Gasteiger partial charge in [-0.15, -0.1) is 0 Å². The lowest BCUT2D eigenvalue weighted by Crippen LogP contribution is -1.98. The monoisotopic (exact) mass is 194 g/mol. The molecular formula is C12H15FO. The molecule has 14 heavy (non-hydrogen) atoms. The van der Waals surface area contributed by atoms with E-state index in [1.807, 2.05) is 25.1 Å². The van der Waals surface area contributed by atoms with Crippen LogP contribution in [0.15, 0.2) is 24.3 Å². The van der Waals surface area contributed by atoms with Gasteiger partial charge in [-0.1, -0.05) is 31.2 Å². The van der Waals surface area contributed by atoms with Gasteiger partial charge in [-0.3, -0.25) is 4.79 Å². The summed E-state index contributed by atoms with van der Waals surface area (Å²) in [6.07, 6.45) is 1.87. The van der Waals surface area contributed by atoms with Gasteiger partial charge in [0.1, 0.15) is 12.5 Å². The number of ketones is 1. The van der Waals surface area contributed by atoms with E-state index in [0.29, 0.717) is 18.4 Å². The van der Waals surface area contributed by atoms with Crippen molar-refractivity contribution >= 4 is 5.78 Å². The summed E-state index contributed by atoms with van der Waals surface area (Å²) >= 11 is 0. The summed E-state index contributed by atoms with van der Waals surface area (Å²) in [6, 6.07) is 7.34. The molecule has 0 aromatic heterocycles. The molecular weight excluding hydrogens is 179 g/mol. The normalized spacial score (nSPS) is 10.1. The van der Waals surface area contributed by atoms with Crippen LogP contribution in [-0.4, -0.2) is 5.78 Å². The molecule has 0 aliphatic rings. The molecule has 0 saturated heterocycles. The topological polar surface area (TPSA) is 17.1 Å². The standard InChI is InChI=1S/C12H15FO/c1-2-12(14)7-6-10-4-3-5-11(8-10)9-13/h3-5,8H,2,6-7,9H2,1H3. The molecule has 0 aliphatic heterocycles. The van der Waals surface area contributed by atoms with Crippen LogP contribution in [0.25, 0.3) is 0 Å². The molecule has 0 radical (unpaired) electrons. The number of Topliss-reactive ketones (excluding diaryl/α,β-unsaturated/α-hetero) is 1. The van der Waals surface area contributed by atoms with Gasteiger partial charge >= 0.3 is 0 Å². The maximum Gasteiger partial charge on any atom is 0.132 e. The van der Waals surface area contributed by atoms with E-state index in [-0.39, 0.29) is 5.78 Å². The third-order valence-corrected chi connectivity index (χ3v) is 2.23. The molecule has 0 N–H and O–H groups in total. The van der Waals surface area contributed by atoms with Crippen molar-refractivity contribution < 1.29 is 9.18 Å². The average molecular weight is 194 g/mol. The van der Waals surface area contributed by atoms with Gasteiger partial charge in [0.25, 0.3) is 0 Å². The van der Waals surface area contributed by atoms with E-state index in [0.717, 1.165) is 12.0 Å². The van der Waals surface area contributed by atoms with Gasteiger partial charge in [0.15, 0.2) is 0 Å². The molecule has 0 aliphatic carbocycles. The highest BCUT2D eigenvalue weighted by Gasteiger charge is 2.00. The first kappa shape index (κ1) is 10.9. The number of benzene rings is 1. The van der Waals surface area contributed by atoms with Crippen molar-refractivity contribution in [2.24, 2.45) is 0 Å². The minimum atomic E-state index is -0.435. The lowest BCUT2D eigenvalue weighted by molar-refractivity contribution is -0.118. The first-order valence-corrected chi connectivity index (χ1v) is 4.91.